The van der Waals surface area contributed by atoms with Crippen LogP contribution in [0.1, 0.15) is 24.4 Å². The summed E-state index contributed by atoms with van der Waals surface area (Å²) in [6.07, 6.45) is 0. The van der Waals surface area contributed by atoms with E-state index in [0.29, 0.717) is 31.1 Å². The van der Waals surface area contributed by atoms with Crippen molar-refractivity contribution in [3.63, 3.8) is 0 Å². The van der Waals surface area contributed by atoms with Gasteiger partial charge in [-0.05, 0) is 41.6 Å². The molecule has 166 valence electrons. The number of ether oxygens (including phenoxy) is 2. The number of methoxy groups -OCH3 is 1. The van der Waals surface area contributed by atoms with Crippen molar-refractivity contribution in [3.8, 4) is 5.75 Å². The lowest BCUT2D eigenvalue weighted by molar-refractivity contribution is -1.02. The molecule has 1 fully saturated rings. The smallest absolute Gasteiger partial charge is 0.258 e. The molecule has 0 unspecified atom stereocenters. The van der Waals surface area contributed by atoms with E-state index < -0.39 is 0 Å². The van der Waals surface area contributed by atoms with Gasteiger partial charge in [0.1, 0.15) is 31.9 Å². The van der Waals surface area contributed by atoms with Crippen molar-refractivity contribution < 1.29 is 19.3 Å². The Morgan fingerprint density at radius 2 is 2.03 bits per heavy atom. The van der Waals surface area contributed by atoms with Crippen molar-refractivity contribution in [2.24, 2.45) is 0 Å². The summed E-state index contributed by atoms with van der Waals surface area (Å²) < 4.78 is 12.6. The average molecular weight is 430 g/mol. The van der Waals surface area contributed by atoms with Crippen molar-refractivity contribution >= 4 is 10.9 Å². The Labute approximate surface area is 180 Å². The molecule has 0 amide bonds. The maximum atomic E-state index is 13.2. The van der Waals surface area contributed by atoms with Crippen LogP contribution in [0.5, 0.6) is 5.75 Å². The van der Waals surface area contributed by atoms with Gasteiger partial charge in [0.2, 0.25) is 5.82 Å². The van der Waals surface area contributed by atoms with Crippen LogP contribution in [0.15, 0.2) is 29.1 Å². The summed E-state index contributed by atoms with van der Waals surface area (Å²) in [5.41, 5.74) is 1.35. The lowest BCUT2D eigenvalue weighted by atomic mass is 10.0. The molecule has 1 aromatic carbocycles. The fourth-order valence-corrected chi connectivity index (χ4v) is 4.26. The minimum atomic E-state index is -0.260. The third kappa shape index (κ3) is 4.60. The summed E-state index contributed by atoms with van der Waals surface area (Å²) in [6.45, 7) is 7.51. The van der Waals surface area contributed by atoms with E-state index >= 15 is 0 Å². The number of hydrogen-bond donors (Lipinski definition) is 3. The number of aromatic nitrogens is 5. The second-order valence-corrected chi connectivity index (χ2v) is 8.04. The number of piperazine rings is 1. The zero-order valence-electron chi connectivity index (χ0n) is 18.4. The first-order chi connectivity index (χ1) is 15.1. The standard InChI is InChI=1S/C21H29N7O3/c1-4-31-16-5-6-18-15(13-16)14-17(21(29)22-18)19(27-9-7-26(2)8-10-27)20-23-24-25-28(20)11-12-30-3/h5-6,13-14,19H,4,7-12H2,1-3H3,(H,22,29)/p+2/t19-/m0/s1. The number of tetrazole rings is 1. The van der Waals surface area contributed by atoms with Gasteiger partial charge in [-0.3, -0.25) is 4.79 Å². The summed E-state index contributed by atoms with van der Waals surface area (Å²) in [5.74, 6) is 1.47. The maximum absolute atomic E-state index is 13.2. The molecule has 10 heteroatoms. The highest BCUT2D eigenvalue weighted by Crippen LogP contribution is 2.22. The summed E-state index contributed by atoms with van der Waals surface area (Å²) >= 11 is 0. The maximum Gasteiger partial charge on any atom is 0.258 e. The normalized spacial score (nSPS) is 20.1. The summed E-state index contributed by atoms with van der Waals surface area (Å²) in [5, 5.41) is 13.4. The predicted molar refractivity (Wildman–Crippen MR) is 115 cm³/mol. The van der Waals surface area contributed by atoms with Gasteiger partial charge in [0.15, 0.2) is 6.04 Å². The van der Waals surface area contributed by atoms with Crippen LogP contribution in [0.2, 0.25) is 0 Å². The molecule has 31 heavy (non-hydrogen) atoms. The predicted octanol–water partition coefficient (Wildman–Crippen LogP) is -1.94. The SMILES string of the molecule is CCOc1ccc2[nH]c(=O)c([C@@H](c3nnnn3CCOC)[NH+]3CC[NH+](C)CC3)cc2c1. The fourth-order valence-electron chi connectivity index (χ4n) is 4.26. The molecule has 10 nitrogen and oxygen atoms in total. The molecule has 3 heterocycles. The van der Waals surface area contributed by atoms with E-state index in [4.69, 9.17) is 9.47 Å². The van der Waals surface area contributed by atoms with Gasteiger partial charge < -0.3 is 24.3 Å². The first-order valence-corrected chi connectivity index (χ1v) is 10.8. The molecule has 3 N–H and O–H groups in total. The van der Waals surface area contributed by atoms with E-state index in [1.54, 1.807) is 11.8 Å². The van der Waals surface area contributed by atoms with E-state index in [1.807, 2.05) is 31.2 Å². The summed E-state index contributed by atoms with van der Waals surface area (Å²) in [7, 11) is 3.85. The molecule has 1 aliphatic rings. The zero-order chi connectivity index (χ0) is 21.8. The molecular weight excluding hydrogens is 398 g/mol. The number of likely N-dealkylation sites (N-methyl/N-ethyl adjacent to an activating group) is 1. The topological polar surface area (TPSA) is 104 Å². The number of fused-ring (bicyclic) bond motifs is 1. The van der Waals surface area contributed by atoms with Gasteiger partial charge in [0, 0.05) is 18.0 Å². The summed E-state index contributed by atoms with van der Waals surface area (Å²) in [6, 6.07) is 7.43. The fraction of sp³-hybridized carbons (Fsp3) is 0.524. The van der Waals surface area contributed by atoms with Gasteiger partial charge in [-0.15, -0.1) is 5.10 Å². The largest absolute Gasteiger partial charge is 0.494 e. The highest BCUT2D eigenvalue weighted by molar-refractivity contribution is 5.80. The van der Waals surface area contributed by atoms with Gasteiger partial charge in [-0.2, -0.15) is 0 Å². The van der Waals surface area contributed by atoms with Crippen molar-refractivity contribution in [1.82, 2.24) is 25.2 Å². The second kappa shape index (κ2) is 9.54. The van der Waals surface area contributed by atoms with Gasteiger partial charge in [0.05, 0.1) is 32.4 Å². The number of nitrogens with zero attached hydrogens (tertiary/aromatic N) is 4. The lowest BCUT2D eigenvalue weighted by Gasteiger charge is -2.32. The van der Waals surface area contributed by atoms with Crippen LogP contribution in [-0.2, 0) is 11.3 Å². The minimum absolute atomic E-state index is 0.110. The average Bonchev–Trinajstić information content (AvgIpc) is 3.22. The third-order valence-corrected chi connectivity index (χ3v) is 5.95. The number of pyridine rings is 1. The number of rotatable bonds is 8. The zero-order valence-corrected chi connectivity index (χ0v) is 18.4. The first-order valence-electron chi connectivity index (χ1n) is 10.8. The quantitative estimate of drug-likeness (QED) is 0.385. The van der Waals surface area contributed by atoms with Crippen LogP contribution in [0.25, 0.3) is 10.9 Å². The molecule has 1 aliphatic heterocycles. The second-order valence-electron chi connectivity index (χ2n) is 8.04. The number of benzene rings is 1. The van der Waals surface area contributed by atoms with Gasteiger partial charge in [0.25, 0.3) is 5.56 Å². The Morgan fingerprint density at radius 3 is 2.77 bits per heavy atom. The molecule has 0 saturated carbocycles. The Kier molecular flexibility index (Phi) is 6.59. The van der Waals surface area contributed by atoms with Crippen molar-refractivity contribution in [1.29, 1.82) is 0 Å². The van der Waals surface area contributed by atoms with E-state index in [1.165, 1.54) is 9.80 Å². The number of H-pyrrole nitrogens is 1. The third-order valence-electron chi connectivity index (χ3n) is 5.95. The van der Waals surface area contributed by atoms with Crippen LogP contribution < -0.4 is 20.1 Å². The Balaban J connectivity index is 1.81. The lowest BCUT2D eigenvalue weighted by Crippen LogP contribution is -3.27. The number of hydrogen-bond acceptors (Lipinski definition) is 6. The van der Waals surface area contributed by atoms with Crippen molar-refractivity contribution in [2.75, 3.05) is 53.6 Å². The molecule has 0 spiro atoms. The molecule has 1 saturated heterocycles. The first kappa shape index (κ1) is 21.4. The molecule has 1 atom stereocenters. The molecular formula is C21H31N7O3+2. The molecule has 0 radical (unpaired) electrons. The highest BCUT2D eigenvalue weighted by Gasteiger charge is 2.36. The molecule has 4 rings (SSSR count). The Hall–Kier alpha value is -2.82. The molecule has 2 aromatic heterocycles. The Bertz CT molecular complexity index is 1070. The van der Waals surface area contributed by atoms with E-state index in [2.05, 4.69) is 27.6 Å². The molecule has 0 aliphatic carbocycles. The van der Waals surface area contributed by atoms with Gasteiger partial charge in [-0.25, -0.2) is 4.68 Å². The van der Waals surface area contributed by atoms with Crippen LogP contribution in [-0.4, -0.2) is 78.7 Å². The van der Waals surface area contributed by atoms with Crippen molar-refractivity contribution in [3.05, 3.63) is 46.0 Å². The number of aromatic amines is 1. The van der Waals surface area contributed by atoms with E-state index in [0.717, 1.165) is 42.8 Å². The van der Waals surface area contributed by atoms with Gasteiger partial charge in [-0.1, -0.05) is 0 Å². The molecule has 0 bridgehead atoms. The molecule has 3 aromatic rings. The minimum Gasteiger partial charge on any atom is -0.494 e. The highest BCUT2D eigenvalue weighted by atomic mass is 16.5. The van der Waals surface area contributed by atoms with Gasteiger partial charge >= 0.3 is 0 Å². The van der Waals surface area contributed by atoms with Crippen molar-refractivity contribution in [2.45, 2.75) is 19.5 Å². The Morgan fingerprint density at radius 1 is 1.23 bits per heavy atom. The van der Waals surface area contributed by atoms with E-state index in [-0.39, 0.29) is 11.6 Å². The van der Waals surface area contributed by atoms with Crippen LogP contribution in [0, 0.1) is 0 Å². The van der Waals surface area contributed by atoms with Crippen LogP contribution >= 0.6 is 0 Å². The monoisotopic (exact) mass is 429 g/mol. The summed E-state index contributed by atoms with van der Waals surface area (Å²) in [4.78, 5) is 19.0. The van der Waals surface area contributed by atoms with Crippen LogP contribution in [0.4, 0.5) is 0 Å². The number of nitrogens with one attached hydrogen (secondary N) is 3. The number of quaternary nitrogens is 2. The van der Waals surface area contributed by atoms with E-state index in [9.17, 15) is 4.79 Å². The van der Waals surface area contributed by atoms with Crippen LogP contribution in [0.3, 0.4) is 0 Å².